The molecule has 0 saturated carbocycles. The normalized spacial score (nSPS) is 10.5. The van der Waals surface area contributed by atoms with Crippen LogP contribution in [0.1, 0.15) is 19.4 Å². The minimum Gasteiger partial charge on any atom is -0.512 e. The van der Waals surface area contributed by atoms with Crippen molar-refractivity contribution < 1.29 is 30.0 Å². The Labute approximate surface area is 159 Å². The number of pyridine rings is 1. The Morgan fingerprint density at radius 3 is 2.54 bits per heavy atom. The maximum atomic E-state index is 10.0. The minimum absolute atomic E-state index is 0. The second-order valence-corrected chi connectivity index (χ2v) is 6.05. The number of aromatic nitrogens is 1. The molecule has 0 aliphatic rings. The molecule has 2 aromatic heterocycles. The average Bonchev–Trinajstić information content (AvgIpc) is 3.00. The van der Waals surface area contributed by atoms with Crippen LogP contribution < -0.4 is 0 Å². The van der Waals surface area contributed by atoms with Gasteiger partial charge in [0.25, 0.3) is 0 Å². The zero-order valence-electron chi connectivity index (χ0n) is 13.7. The van der Waals surface area contributed by atoms with E-state index in [0.717, 1.165) is 16.1 Å². The van der Waals surface area contributed by atoms with Gasteiger partial charge in [-0.3, -0.25) is 4.79 Å². The molecular formula is C19H18IrNO2S-. The number of para-hydroxylation sites is 1. The molecule has 0 unspecified atom stereocenters. The van der Waals surface area contributed by atoms with Gasteiger partial charge in [-0.05, 0) is 32.5 Å². The fourth-order valence-corrected chi connectivity index (χ4v) is 2.77. The number of aryl methyl sites for hydroxylation is 1. The largest absolute Gasteiger partial charge is 0.512 e. The van der Waals surface area contributed by atoms with Crippen LogP contribution in [-0.4, -0.2) is 15.9 Å². The van der Waals surface area contributed by atoms with Crippen molar-refractivity contribution in [1.82, 2.24) is 4.98 Å². The van der Waals surface area contributed by atoms with Gasteiger partial charge in [0.1, 0.15) is 0 Å². The van der Waals surface area contributed by atoms with Gasteiger partial charge in [0, 0.05) is 31.6 Å². The van der Waals surface area contributed by atoms with E-state index in [1.165, 1.54) is 30.9 Å². The number of hydrogen-bond acceptors (Lipinski definition) is 4. The Balaban J connectivity index is 0.000000312. The van der Waals surface area contributed by atoms with Crippen LogP contribution in [0.15, 0.2) is 53.6 Å². The van der Waals surface area contributed by atoms with E-state index in [0.29, 0.717) is 0 Å². The summed E-state index contributed by atoms with van der Waals surface area (Å²) in [5.41, 5.74) is 3.34. The van der Waals surface area contributed by atoms with Crippen LogP contribution in [0.5, 0.6) is 0 Å². The Bertz CT molecular complexity index is 838. The molecule has 0 aliphatic carbocycles. The second-order valence-electron chi connectivity index (χ2n) is 5.13. The third-order valence-corrected chi connectivity index (χ3v) is 3.87. The second kappa shape index (κ2) is 9.48. The number of nitrogens with zero attached hydrogens (tertiary/aromatic N) is 1. The zero-order chi connectivity index (χ0) is 16.8. The smallest absolute Gasteiger partial charge is 0.155 e. The van der Waals surface area contributed by atoms with Gasteiger partial charge in [-0.1, -0.05) is 34.7 Å². The molecule has 0 saturated heterocycles. The topological polar surface area (TPSA) is 50.2 Å². The number of aliphatic hydroxyl groups is 1. The van der Waals surface area contributed by atoms with Crippen molar-refractivity contribution in [3.8, 4) is 10.6 Å². The van der Waals surface area contributed by atoms with Gasteiger partial charge in [0.15, 0.2) is 5.78 Å². The summed E-state index contributed by atoms with van der Waals surface area (Å²) in [6, 6.07) is 15.5. The molecule has 3 nitrogen and oxygen atoms in total. The SMILES string of the molecule is CC(=O)/C=C(/C)O.Cc1cc(-c2[c-]ccs2)nc2ccccc12.[Ir]. The molecule has 0 fully saturated rings. The van der Waals surface area contributed by atoms with Gasteiger partial charge in [-0.15, -0.1) is 5.38 Å². The maximum absolute atomic E-state index is 10.0. The van der Waals surface area contributed by atoms with Crippen molar-refractivity contribution in [3.63, 3.8) is 0 Å². The van der Waals surface area contributed by atoms with Gasteiger partial charge in [-0.25, -0.2) is 11.3 Å². The van der Waals surface area contributed by atoms with E-state index >= 15 is 0 Å². The molecule has 1 aromatic carbocycles. The Hall–Kier alpha value is -1.81. The predicted molar refractivity (Wildman–Crippen MR) is 95.7 cm³/mol. The number of aliphatic hydroxyl groups excluding tert-OH is 1. The molecule has 0 spiro atoms. The third-order valence-electron chi connectivity index (χ3n) is 3.04. The monoisotopic (exact) mass is 517 g/mol. The third kappa shape index (κ3) is 5.68. The summed E-state index contributed by atoms with van der Waals surface area (Å²) in [6.07, 6.45) is 1.17. The fourth-order valence-electron chi connectivity index (χ4n) is 2.14. The minimum atomic E-state index is -0.125. The van der Waals surface area contributed by atoms with Crippen LogP contribution in [0.2, 0.25) is 0 Å². The van der Waals surface area contributed by atoms with Crippen LogP contribution in [0.4, 0.5) is 0 Å². The van der Waals surface area contributed by atoms with E-state index in [-0.39, 0.29) is 31.6 Å². The molecule has 3 aromatic rings. The number of rotatable bonds is 2. The Kier molecular flexibility index (Phi) is 7.99. The molecule has 1 N–H and O–H groups in total. The summed E-state index contributed by atoms with van der Waals surface area (Å²) >= 11 is 1.68. The molecule has 2 heterocycles. The number of thiophene rings is 1. The van der Waals surface area contributed by atoms with Crippen molar-refractivity contribution in [2.75, 3.05) is 0 Å². The van der Waals surface area contributed by atoms with Gasteiger partial charge in [0.2, 0.25) is 0 Å². The number of carbonyl (C=O) groups is 1. The molecular weight excluding hydrogens is 498 g/mol. The van der Waals surface area contributed by atoms with Crippen LogP contribution in [-0.2, 0) is 24.9 Å². The van der Waals surface area contributed by atoms with Crippen LogP contribution >= 0.6 is 11.3 Å². The number of fused-ring (bicyclic) bond motifs is 1. The maximum Gasteiger partial charge on any atom is 0.155 e. The number of allylic oxidation sites excluding steroid dienone is 2. The van der Waals surface area contributed by atoms with Gasteiger partial charge < -0.3 is 10.1 Å². The summed E-state index contributed by atoms with van der Waals surface area (Å²) in [5.74, 6) is -0.0625. The number of carbonyl (C=O) groups excluding carboxylic acids is 1. The van der Waals surface area contributed by atoms with E-state index < -0.39 is 0 Å². The number of ketones is 1. The first-order valence-corrected chi connectivity index (χ1v) is 8.05. The van der Waals surface area contributed by atoms with E-state index in [4.69, 9.17) is 5.11 Å². The van der Waals surface area contributed by atoms with Crippen molar-refractivity contribution in [2.45, 2.75) is 20.8 Å². The molecule has 0 aliphatic heterocycles. The summed E-state index contributed by atoms with van der Waals surface area (Å²) in [5, 5.41) is 11.6. The fraction of sp³-hybridized carbons (Fsp3) is 0.158. The van der Waals surface area contributed by atoms with Gasteiger partial charge >= 0.3 is 0 Å². The van der Waals surface area contributed by atoms with E-state index in [2.05, 4.69) is 36.2 Å². The van der Waals surface area contributed by atoms with Crippen molar-refractivity contribution >= 4 is 28.0 Å². The van der Waals surface area contributed by atoms with Crippen molar-refractivity contribution in [1.29, 1.82) is 0 Å². The molecule has 0 atom stereocenters. The summed E-state index contributed by atoms with van der Waals surface area (Å²) < 4.78 is 0. The molecule has 24 heavy (non-hydrogen) atoms. The Morgan fingerprint density at radius 1 is 1.29 bits per heavy atom. The Morgan fingerprint density at radius 2 is 2.00 bits per heavy atom. The van der Waals surface area contributed by atoms with Crippen molar-refractivity contribution in [2.24, 2.45) is 0 Å². The molecule has 1 radical (unpaired) electrons. The number of hydrogen-bond donors (Lipinski definition) is 1. The average molecular weight is 517 g/mol. The van der Waals surface area contributed by atoms with E-state index in [9.17, 15) is 4.79 Å². The first-order valence-electron chi connectivity index (χ1n) is 7.17. The quantitative estimate of drug-likeness (QED) is 0.293. The first-order chi connectivity index (χ1) is 11.0. The van der Waals surface area contributed by atoms with Crippen LogP contribution in [0.25, 0.3) is 21.5 Å². The predicted octanol–water partition coefficient (Wildman–Crippen LogP) is 5.11. The summed E-state index contributed by atoms with van der Waals surface area (Å²) in [7, 11) is 0. The standard InChI is InChI=1S/C14H10NS.C5H8O2.Ir/c1-10-9-13(14-7-4-8-16-14)15-12-6-3-2-5-11(10)12;1-4(6)3-5(2)7;/h2-6,8-9H,1H3;3,6H,1-2H3;/q-1;;/b;4-3-;. The molecule has 0 amide bonds. The molecule has 3 rings (SSSR count). The van der Waals surface area contributed by atoms with Crippen LogP contribution in [0, 0.1) is 13.0 Å². The summed E-state index contributed by atoms with van der Waals surface area (Å²) in [4.78, 5) is 15.8. The summed E-state index contributed by atoms with van der Waals surface area (Å²) in [6.45, 7) is 4.97. The van der Waals surface area contributed by atoms with Gasteiger partial charge in [0.05, 0.1) is 11.3 Å². The van der Waals surface area contributed by atoms with Crippen LogP contribution in [0.3, 0.4) is 0 Å². The van der Waals surface area contributed by atoms with E-state index in [1.54, 1.807) is 11.3 Å². The molecule has 0 bridgehead atoms. The first kappa shape index (κ1) is 20.2. The molecule has 127 valence electrons. The van der Waals surface area contributed by atoms with E-state index in [1.807, 2.05) is 23.6 Å². The number of benzene rings is 1. The van der Waals surface area contributed by atoms with Gasteiger partial charge in [-0.2, -0.15) is 12.1 Å². The molecule has 5 heteroatoms. The zero-order valence-corrected chi connectivity index (χ0v) is 16.9. The van der Waals surface area contributed by atoms with Crippen molar-refractivity contribution in [3.05, 3.63) is 65.2 Å².